The summed E-state index contributed by atoms with van der Waals surface area (Å²) in [5.74, 6) is -11.9. The second-order valence-electron chi connectivity index (χ2n) is 9.22. The van der Waals surface area contributed by atoms with Crippen LogP contribution in [0.4, 0.5) is 5.69 Å². The van der Waals surface area contributed by atoms with E-state index >= 15 is 0 Å². The lowest BCUT2D eigenvalue weighted by Crippen LogP contribution is -2.55. The van der Waals surface area contributed by atoms with Crippen molar-refractivity contribution in [1.29, 1.82) is 0 Å². The maximum absolute atomic E-state index is 13.2. The number of rotatable bonds is 4. The van der Waals surface area contributed by atoms with Gasteiger partial charge in [-0.05, 0) is 25.7 Å². The molecule has 180 valence electrons. The number of benzene rings is 1. The fourth-order valence-corrected chi connectivity index (χ4v) is 5.53. The van der Waals surface area contributed by atoms with E-state index in [1.54, 1.807) is 0 Å². The highest BCUT2D eigenvalue weighted by Crippen LogP contribution is 2.48. The minimum Gasteiger partial charge on any atom is -0.422 e. The lowest BCUT2D eigenvalue weighted by Gasteiger charge is -2.41. The van der Waals surface area contributed by atoms with Gasteiger partial charge >= 0.3 is 23.9 Å². The van der Waals surface area contributed by atoms with E-state index in [0.29, 0.717) is 51.4 Å². The highest BCUT2D eigenvalue weighted by atomic mass is 16.8. The van der Waals surface area contributed by atoms with E-state index in [1.165, 1.54) is 18.2 Å². The molecule has 2 aliphatic carbocycles. The molecule has 0 aromatic heterocycles. The summed E-state index contributed by atoms with van der Waals surface area (Å²) in [4.78, 5) is 63.7. The molecule has 11 heteroatoms. The van der Waals surface area contributed by atoms with Gasteiger partial charge in [-0.25, -0.2) is 0 Å². The van der Waals surface area contributed by atoms with Gasteiger partial charge in [-0.2, -0.15) is 0 Å². The lowest BCUT2D eigenvalue weighted by atomic mass is 9.75. The van der Waals surface area contributed by atoms with Crippen molar-refractivity contribution in [3.63, 3.8) is 0 Å². The average Bonchev–Trinajstić information content (AvgIpc) is 3.41. The largest absolute Gasteiger partial charge is 0.422 e. The fraction of sp³-hybridized carbons (Fsp3) is 0.565. The molecule has 0 atom stereocenters. The molecule has 2 aliphatic heterocycles. The Bertz CT molecular complexity index is 973. The highest BCUT2D eigenvalue weighted by molar-refractivity contribution is 6.03. The Morgan fingerprint density at radius 2 is 1.12 bits per heavy atom. The number of carbonyl (C=O) groups is 4. The summed E-state index contributed by atoms with van der Waals surface area (Å²) in [7, 11) is 0. The third-order valence-corrected chi connectivity index (χ3v) is 7.10. The van der Waals surface area contributed by atoms with Gasteiger partial charge in [0.05, 0.1) is 4.92 Å². The number of para-hydroxylation sites is 1. The van der Waals surface area contributed by atoms with Crippen LogP contribution in [0.15, 0.2) is 24.3 Å². The van der Waals surface area contributed by atoms with E-state index in [4.69, 9.17) is 18.9 Å². The summed E-state index contributed by atoms with van der Waals surface area (Å²) in [6.45, 7) is 0. The number of hydrogen-bond donors (Lipinski definition) is 0. The van der Waals surface area contributed by atoms with Gasteiger partial charge in [0.15, 0.2) is 11.8 Å². The fourth-order valence-electron chi connectivity index (χ4n) is 5.53. The van der Waals surface area contributed by atoms with Crippen molar-refractivity contribution in [3.05, 3.63) is 39.9 Å². The Morgan fingerprint density at radius 1 is 0.735 bits per heavy atom. The minimum atomic E-state index is -1.78. The first-order valence-corrected chi connectivity index (χ1v) is 11.4. The van der Waals surface area contributed by atoms with Crippen molar-refractivity contribution in [1.82, 2.24) is 0 Å². The SMILES string of the molecule is O=C1OC2(CCCC2)OC(=O)C1C(c1ccccc1[N+](=O)[O-])C1C(=O)OC2(CCCC2)OC1=O. The van der Waals surface area contributed by atoms with E-state index < -0.39 is 63.8 Å². The summed E-state index contributed by atoms with van der Waals surface area (Å²) in [6.07, 6.45) is 4.13. The molecule has 0 amide bonds. The molecule has 11 nitrogen and oxygen atoms in total. The first-order valence-electron chi connectivity index (χ1n) is 11.4. The normalized spacial score (nSPS) is 26.6. The second kappa shape index (κ2) is 8.07. The number of hydrogen-bond acceptors (Lipinski definition) is 10. The van der Waals surface area contributed by atoms with Crippen molar-refractivity contribution in [2.45, 2.75) is 68.9 Å². The molecule has 0 N–H and O–H groups in total. The van der Waals surface area contributed by atoms with Crippen LogP contribution in [0.5, 0.6) is 0 Å². The van der Waals surface area contributed by atoms with Gasteiger partial charge in [-0.3, -0.25) is 29.3 Å². The summed E-state index contributed by atoms with van der Waals surface area (Å²) in [5, 5.41) is 11.8. The molecule has 1 aromatic carbocycles. The van der Waals surface area contributed by atoms with Crippen LogP contribution in [0.1, 0.15) is 62.8 Å². The van der Waals surface area contributed by atoms with Gasteiger partial charge in [-0.1, -0.05) is 18.2 Å². The molecule has 4 fully saturated rings. The number of nitrogens with zero attached hydrogens (tertiary/aromatic N) is 1. The van der Waals surface area contributed by atoms with E-state index in [-0.39, 0.29) is 5.56 Å². The standard InChI is InChI=1S/C23H23NO10/c25-18-16(19(26)32-22(31-18)9-3-4-10-22)15(13-7-1-2-8-14(13)24(29)30)17-20(27)33-23(34-21(17)28)11-5-6-12-23/h1-2,7-8,15-17H,3-6,9-12H2. The van der Waals surface area contributed by atoms with Crippen LogP contribution >= 0.6 is 0 Å². The molecule has 2 heterocycles. The van der Waals surface area contributed by atoms with Gasteiger partial charge in [0.2, 0.25) is 0 Å². The van der Waals surface area contributed by atoms with Gasteiger partial charge in [-0.15, -0.1) is 0 Å². The summed E-state index contributed by atoms with van der Waals surface area (Å²) in [5.41, 5.74) is -0.619. The van der Waals surface area contributed by atoms with Crippen molar-refractivity contribution in [3.8, 4) is 0 Å². The minimum absolute atomic E-state index is 0.157. The van der Waals surface area contributed by atoms with E-state index in [1.807, 2.05) is 0 Å². The van der Waals surface area contributed by atoms with Gasteiger partial charge in [0, 0.05) is 43.2 Å². The number of carbonyl (C=O) groups excluding carboxylic acids is 4. The predicted octanol–water partition coefficient (Wildman–Crippen LogP) is 2.65. The topological polar surface area (TPSA) is 148 Å². The molecular formula is C23H23NO10. The molecule has 2 spiro atoms. The molecule has 4 aliphatic rings. The number of esters is 4. The molecule has 2 saturated heterocycles. The Balaban J connectivity index is 1.57. The van der Waals surface area contributed by atoms with Crippen LogP contribution in [0.3, 0.4) is 0 Å². The molecule has 0 radical (unpaired) electrons. The Hall–Kier alpha value is -3.50. The Morgan fingerprint density at radius 3 is 1.50 bits per heavy atom. The van der Waals surface area contributed by atoms with Crippen molar-refractivity contribution in [2.75, 3.05) is 0 Å². The van der Waals surface area contributed by atoms with Crippen molar-refractivity contribution in [2.24, 2.45) is 11.8 Å². The number of nitro benzene ring substituents is 1. The average molecular weight is 473 g/mol. The first kappa shape index (κ1) is 22.3. The smallest absolute Gasteiger partial charge is 0.324 e. The lowest BCUT2D eigenvalue weighted by molar-refractivity contribution is -0.385. The second-order valence-corrected chi connectivity index (χ2v) is 9.22. The quantitative estimate of drug-likeness (QED) is 0.276. The number of nitro groups is 1. The molecule has 2 saturated carbocycles. The predicted molar refractivity (Wildman–Crippen MR) is 110 cm³/mol. The van der Waals surface area contributed by atoms with Crippen molar-refractivity contribution < 1.29 is 43.0 Å². The molecular weight excluding hydrogens is 450 g/mol. The third kappa shape index (κ3) is 3.59. The monoisotopic (exact) mass is 473 g/mol. The van der Waals surface area contributed by atoms with Crippen LogP contribution in [-0.2, 0) is 38.1 Å². The zero-order chi connectivity index (χ0) is 24.1. The maximum atomic E-state index is 13.2. The maximum Gasteiger partial charge on any atom is 0.324 e. The highest BCUT2D eigenvalue weighted by Gasteiger charge is 2.61. The van der Waals surface area contributed by atoms with Crippen LogP contribution in [0, 0.1) is 22.0 Å². The van der Waals surface area contributed by atoms with Gasteiger partial charge < -0.3 is 18.9 Å². The molecule has 0 unspecified atom stereocenters. The van der Waals surface area contributed by atoms with Crippen molar-refractivity contribution >= 4 is 29.6 Å². The van der Waals surface area contributed by atoms with E-state index in [2.05, 4.69) is 0 Å². The summed E-state index contributed by atoms with van der Waals surface area (Å²) in [6, 6.07) is 5.31. The molecule has 0 bridgehead atoms. The summed E-state index contributed by atoms with van der Waals surface area (Å²) >= 11 is 0. The van der Waals surface area contributed by atoms with E-state index in [9.17, 15) is 29.3 Å². The number of ether oxygens (including phenoxy) is 4. The Labute approximate surface area is 193 Å². The zero-order valence-electron chi connectivity index (χ0n) is 18.2. The molecule has 5 rings (SSSR count). The molecule has 1 aromatic rings. The van der Waals surface area contributed by atoms with E-state index in [0.717, 1.165) is 6.07 Å². The van der Waals surface area contributed by atoms with Crippen LogP contribution in [0.2, 0.25) is 0 Å². The van der Waals surface area contributed by atoms with Crippen LogP contribution in [0.25, 0.3) is 0 Å². The van der Waals surface area contributed by atoms with Crippen LogP contribution in [-0.4, -0.2) is 40.4 Å². The van der Waals surface area contributed by atoms with Gasteiger partial charge in [0.25, 0.3) is 17.3 Å². The van der Waals surface area contributed by atoms with Gasteiger partial charge in [0.1, 0.15) is 0 Å². The third-order valence-electron chi connectivity index (χ3n) is 7.10. The first-order chi connectivity index (χ1) is 16.2. The Kier molecular flexibility index (Phi) is 5.29. The molecule has 34 heavy (non-hydrogen) atoms. The zero-order valence-corrected chi connectivity index (χ0v) is 18.2. The summed E-state index contributed by atoms with van der Waals surface area (Å²) < 4.78 is 22.1. The van der Waals surface area contributed by atoms with Crippen LogP contribution < -0.4 is 0 Å².